The zero-order chi connectivity index (χ0) is 14.4. The predicted molar refractivity (Wildman–Crippen MR) is 77.1 cm³/mol. The van der Waals surface area contributed by atoms with Gasteiger partial charge in [0.2, 0.25) is 11.7 Å². The van der Waals surface area contributed by atoms with Gasteiger partial charge < -0.3 is 9.63 Å². The first-order valence-corrected chi connectivity index (χ1v) is 7.02. The lowest BCUT2D eigenvalue weighted by Crippen LogP contribution is -2.26. The van der Waals surface area contributed by atoms with Crippen LogP contribution in [0.2, 0.25) is 0 Å². The average Bonchev–Trinajstić information content (AvgIpc) is 2.95. The number of aryl methyl sites for hydroxylation is 1. The molecule has 20 heavy (non-hydrogen) atoms. The third kappa shape index (κ3) is 3.65. The van der Waals surface area contributed by atoms with Crippen molar-refractivity contribution >= 4 is 0 Å². The van der Waals surface area contributed by atoms with Crippen LogP contribution >= 0.6 is 0 Å². The van der Waals surface area contributed by atoms with Gasteiger partial charge in [0.05, 0.1) is 13.2 Å². The molecule has 0 saturated heterocycles. The summed E-state index contributed by atoms with van der Waals surface area (Å²) in [7, 11) is 0. The van der Waals surface area contributed by atoms with Gasteiger partial charge in [-0.25, -0.2) is 0 Å². The van der Waals surface area contributed by atoms with Gasteiger partial charge in [0.1, 0.15) is 0 Å². The van der Waals surface area contributed by atoms with E-state index in [0.717, 1.165) is 18.5 Å². The van der Waals surface area contributed by atoms with Gasteiger partial charge in [-0.3, -0.25) is 4.90 Å². The lowest BCUT2D eigenvalue weighted by molar-refractivity contribution is 0.180. The van der Waals surface area contributed by atoms with Crippen LogP contribution in [0.5, 0.6) is 0 Å². The second-order valence-electron chi connectivity index (χ2n) is 4.65. The van der Waals surface area contributed by atoms with E-state index in [9.17, 15) is 0 Å². The number of benzene rings is 1. The molecule has 0 spiro atoms. The van der Waals surface area contributed by atoms with E-state index >= 15 is 0 Å². The summed E-state index contributed by atoms with van der Waals surface area (Å²) >= 11 is 0. The van der Waals surface area contributed by atoms with Gasteiger partial charge in [0.15, 0.2) is 0 Å². The van der Waals surface area contributed by atoms with Crippen LogP contribution in [-0.4, -0.2) is 39.8 Å². The maximum atomic E-state index is 8.97. The quantitative estimate of drug-likeness (QED) is 0.838. The first-order chi connectivity index (χ1) is 9.76. The first-order valence-electron chi connectivity index (χ1n) is 7.02. The summed E-state index contributed by atoms with van der Waals surface area (Å²) in [5.74, 6) is 1.19. The highest BCUT2D eigenvalue weighted by Gasteiger charge is 2.11. The summed E-state index contributed by atoms with van der Waals surface area (Å²) in [6.07, 6.45) is 1.02. The van der Waals surface area contributed by atoms with Crippen LogP contribution in [0.15, 0.2) is 28.8 Å². The molecule has 2 aromatic rings. The van der Waals surface area contributed by atoms with Gasteiger partial charge in [-0.05, 0) is 18.5 Å². The van der Waals surface area contributed by atoms with Gasteiger partial charge in [-0.15, -0.1) is 0 Å². The van der Waals surface area contributed by atoms with Crippen molar-refractivity contribution in [3.8, 4) is 11.4 Å². The molecule has 0 saturated carbocycles. The van der Waals surface area contributed by atoms with Crippen LogP contribution in [0, 0.1) is 0 Å². The predicted octanol–water partition coefficient (Wildman–Crippen LogP) is 2.11. The van der Waals surface area contributed by atoms with Crippen molar-refractivity contribution in [3.05, 3.63) is 35.7 Å². The van der Waals surface area contributed by atoms with Gasteiger partial charge in [0, 0.05) is 12.1 Å². The summed E-state index contributed by atoms with van der Waals surface area (Å²) in [4.78, 5) is 6.46. The normalized spacial score (nSPS) is 11.2. The van der Waals surface area contributed by atoms with E-state index < -0.39 is 0 Å². The molecule has 108 valence electrons. The number of hydrogen-bond donors (Lipinski definition) is 1. The van der Waals surface area contributed by atoms with E-state index in [1.807, 2.05) is 19.1 Å². The molecule has 0 unspecified atom stereocenters. The van der Waals surface area contributed by atoms with Gasteiger partial charge >= 0.3 is 0 Å². The Labute approximate surface area is 119 Å². The molecule has 0 aliphatic rings. The second-order valence-corrected chi connectivity index (χ2v) is 4.65. The number of hydrogen-bond acceptors (Lipinski definition) is 5. The Morgan fingerprint density at radius 3 is 2.55 bits per heavy atom. The highest BCUT2D eigenvalue weighted by Crippen LogP contribution is 2.17. The third-order valence-corrected chi connectivity index (χ3v) is 3.31. The van der Waals surface area contributed by atoms with Crippen molar-refractivity contribution in [2.24, 2.45) is 0 Å². The van der Waals surface area contributed by atoms with E-state index in [1.54, 1.807) is 0 Å². The zero-order valence-corrected chi connectivity index (χ0v) is 12.0. The molecule has 2 rings (SSSR count). The van der Waals surface area contributed by atoms with Crippen LogP contribution < -0.4 is 0 Å². The van der Waals surface area contributed by atoms with Crippen molar-refractivity contribution in [3.63, 3.8) is 0 Å². The van der Waals surface area contributed by atoms with Gasteiger partial charge in [-0.1, -0.05) is 43.3 Å². The van der Waals surface area contributed by atoms with E-state index in [-0.39, 0.29) is 6.61 Å². The molecule has 0 aliphatic carbocycles. The Morgan fingerprint density at radius 1 is 1.20 bits per heavy atom. The highest BCUT2D eigenvalue weighted by atomic mass is 16.5. The lowest BCUT2D eigenvalue weighted by Gasteiger charge is -2.15. The van der Waals surface area contributed by atoms with E-state index in [1.165, 1.54) is 5.56 Å². The molecule has 5 heteroatoms. The summed E-state index contributed by atoms with van der Waals surface area (Å²) < 4.78 is 5.27. The Kier molecular flexibility index (Phi) is 5.26. The van der Waals surface area contributed by atoms with Crippen LogP contribution in [0.3, 0.4) is 0 Å². The van der Waals surface area contributed by atoms with Crippen molar-refractivity contribution in [2.45, 2.75) is 26.8 Å². The smallest absolute Gasteiger partial charge is 0.241 e. The molecule has 1 heterocycles. The second kappa shape index (κ2) is 7.17. The molecule has 0 radical (unpaired) electrons. The summed E-state index contributed by atoms with van der Waals surface area (Å²) in [5.41, 5.74) is 2.25. The molecule has 1 N–H and O–H groups in total. The molecule has 0 aliphatic heterocycles. The summed E-state index contributed by atoms with van der Waals surface area (Å²) in [5, 5.41) is 13.0. The van der Waals surface area contributed by atoms with Crippen LogP contribution in [0.25, 0.3) is 11.4 Å². The highest BCUT2D eigenvalue weighted by molar-refractivity contribution is 5.54. The average molecular weight is 275 g/mol. The van der Waals surface area contributed by atoms with E-state index in [2.05, 4.69) is 34.1 Å². The molecule has 0 amide bonds. The van der Waals surface area contributed by atoms with Crippen molar-refractivity contribution in [2.75, 3.05) is 19.7 Å². The topological polar surface area (TPSA) is 62.4 Å². The molecule has 5 nitrogen and oxygen atoms in total. The zero-order valence-electron chi connectivity index (χ0n) is 12.0. The van der Waals surface area contributed by atoms with Gasteiger partial charge in [0.25, 0.3) is 0 Å². The summed E-state index contributed by atoms with van der Waals surface area (Å²) in [6.45, 7) is 6.31. The Bertz CT molecular complexity index is 522. The van der Waals surface area contributed by atoms with Crippen LogP contribution in [-0.2, 0) is 13.0 Å². The van der Waals surface area contributed by atoms with Crippen molar-refractivity contribution in [1.82, 2.24) is 15.0 Å². The summed E-state index contributed by atoms with van der Waals surface area (Å²) in [6, 6.07) is 8.18. The van der Waals surface area contributed by atoms with Crippen molar-refractivity contribution in [1.29, 1.82) is 0 Å². The fraction of sp³-hybridized carbons (Fsp3) is 0.467. The van der Waals surface area contributed by atoms with Crippen LogP contribution in [0.4, 0.5) is 0 Å². The molecule has 1 aromatic carbocycles. The fourth-order valence-corrected chi connectivity index (χ4v) is 2.01. The number of aliphatic hydroxyl groups excluding tert-OH is 1. The molecule has 0 fully saturated rings. The molecule has 1 aromatic heterocycles. The SMILES string of the molecule is CCc1ccc(-c2noc(CN(CC)CCO)n2)cc1. The standard InChI is InChI=1S/C15H21N3O2/c1-3-12-5-7-13(8-6-12)15-16-14(20-17-15)11-18(4-2)9-10-19/h5-8,19H,3-4,9-11H2,1-2H3. The number of aliphatic hydroxyl groups is 1. The number of likely N-dealkylation sites (N-methyl/N-ethyl adjacent to an activating group) is 1. The third-order valence-electron chi connectivity index (χ3n) is 3.31. The number of rotatable bonds is 7. The number of nitrogens with zero attached hydrogens (tertiary/aromatic N) is 3. The lowest BCUT2D eigenvalue weighted by atomic mass is 10.1. The first kappa shape index (κ1) is 14.7. The van der Waals surface area contributed by atoms with Gasteiger partial charge in [-0.2, -0.15) is 4.98 Å². The van der Waals surface area contributed by atoms with E-state index in [4.69, 9.17) is 9.63 Å². The van der Waals surface area contributed by atoms with Crippen LogP contribution in [0.1, 0.15) is 25.3 Å². The molecular weight excluding hydrogens is 254 g/mol. The minimum Gasteiger partial charge on any atom is -0.395 e. The monoisotopic (exact) mass is 275 g/mol. The maximum absolute atomic E-state index is 8.97. The Balaban J connectivity index is 2.07. The molecular formula is C15H21N3O2. The van der Waals surface area contributed by atoms with Crippen molar-refractivity contribution < 1.29 is 9.63 Å². The van der Waals surface area contributed by atoms with E-state index in [0.29, 0.717) is 24.8 Å². The minimum atomic E-state index is 0.132. The number of aromatic nitrogens is 2. The molecule has 0 atom stereocenters. The Hall–Kier alpha value is -1.72. The molecule has 0 bridgehead atoms. The Morgan fingerprint density at radius 2 is 1.95 bits per heavy atom. The minimum absolute atomic E-state index is 0.132. The largest absolute Gasteiger partial charge is 0.395 e. The fourth-order valence-electron chi connectivity index (χ4n) is 2.01. The maximum Gasteiger partial charge on any atom is 0.241 e.